The van der Waals surface area contributed by atoms with E-state index in [1.54, 1.807) is 12.1 Å². The summed E-state index contributed by atoms with van der Waals surface area (Å²) >= 11 is 0. The number of rotatable bonds is 2. The van der Waals surface area contributed by atoms with Crippen molar-refractivity contribution in [3.63, 3.8) is 0 Å². The molecule has 1 heterocycles. The summed E-state index contributed by atoms with van der Waals surface area (Å²) in [5.74, 6) is 0. The van der Waals surface area contributed by atoms with Gasteiger partial charge in [0.2, 0.25) is 0 Å². The number of hydrazine groups is 1. The van der Waals surface area contributed by atoms with E-state index in [9.17, 15) is 4.79 Å². The first-order valence-corrected chi connectivity index (χ1v) is 4.64. The molecule has 0 saturated carbocycles. The Morgan fingerprint density at radius 3 is 2.86 bits per heavy atom. The van der Waals surface area contributed by atoms with Gasteiger partial charge in [-0.25, -0.2) is 9.80 Å². The minimum atomic E-state index is -0.202. The summed E-state index contributed by atoms with van der Waals surface area (Å²) in [5, 5.41) is 4.57. The Hall–Kier alpha value is -1.55. The number of amides is 2. The zero-order valence-corrected chi connectivity index (χ0v) is 7.79. The van der Waals surface area contributed by atoms with Crippen LogP contribution in [0.15, 0.2) is 24.3 Å². The molecule has 0 bridgehead atoms. The van der Waals surface area contributed by atoms with Gasteiger partial charge in [0.1, 0.15) is 0 Å². The van der Waals surface area contributed by atoms with Gasteiger partial charge in [-0.05, 0) is 12.5 Å². The van der Waals surface area contributed by atoms with Crippen molar-refractivity contribution in [2.45, 2.75) is 6.42 Å². The van der Waals surface area contributed by atoms with Gasteiger partial charge >= 0.3 is 6.03 Å². The van der Waals surface area contributed by atoms with Crippen LogP contribution in [0.2, 0.25) is 0 Å². The highest BCUT2D eigenvalue weighted by atomic mass is 16.2. The molecular formula is C10H12N3O. The first-order valence-electron chi connectivity index (χ1n) is 4.64. The number of carbonyl (C=O) groups excluding carboxylic acids is 1. The summed E-state index contributed by atoms with van der Waals surface area (Å²) < 4.78 is 0. The molecule has 4 nitrogen and oxygen atoms in total. The highest BCUT2D eigenvalue weighted by molar-refractivity contribution is 5.88. The lowest BCUT2D eigenvalue weighted by molar-refractivity contribution is 0.124. The zero-order valence-electron chi connectivity index (χ0n) is 7.79. The molecule has 14 heavy (non-hydrogen) atoms. The number of carbonyl (C=O) groups is 1. The van der Waals surface area contributed by atoms with Crippen molar-refractivity contribution in [3.05, 3.63) is 30.3 Å². The predicted octanol–water partition coefficient (Wildman–Crippen LogP) is 1.23. The second kappa shape index (κ2) is 4.11. The van der Waals surface area contributed by atoms with Crippen LogP contribution in [0.5, 0.6) is 0 Å². The Morgan fingerprint density at radius 1 is 1.43 bits per heavy atom. The molecule has 0 aliphatic carbocycles. The zero-order chi connectivity index (χ0) is 9.80. The Kier molecular flexibility index (Phi) is 2.65. The fourth-order valence-electron chi connectivity index (χ4n) is 1.19. The number of benzene rings is 1. The maximum absolute atomic E-state index is 11.3. The number of hydrogen-bond donors (Lipinski definition) is 2. The van der Waals surface area contributed by atoms with Gasteiger partial charge < -0.3 is 5.32 Å². The van der Waals surface area contributed by atoms with Crippen LogP contribution in [-0.2, 0) is 0 Å². The lowest BCUT2D eigenvalue weighted by Crippen LogP contribution is -2.51. The molecule has 2 N–H and O–H groups in total. The van der Waals surface area contributed by atoms with E-state index in [-0.39, 0.29) is 6.03 Å². The summed E-state index contributed by atoms with van der Waals surface area (Å²) in [6.07, 6.45) is 1.15. The fraction of sp³-hybridized carbons (Fsp3) is 0.300. The molecule has 1 aromatic carbocycles. The monoisotopic (exact) mass is 190 g/mol. The lowest BCUT2D eigenvalue weighted by Gasteiger charge is -2.30. The largest absolute Gasteiger partial charge is 0.333 e. The van der Waals surface area contributed by atoms with Gasteiger partial charge in [0, 0.05) is 19.2 Å². The number of para-hydroxylation sites is 1. The standard InChI is InChI=1S/C10H12N3O/c14-10(12-13-7-4-8-13)11-9-5-2-1-3-6-9/h1-3,5H,4,7-8H2,(H2,11,12,14). The normalized spacial score (nSPS) is 15.7. The Labute approximate surface area is 82.9 Å². The maximum Gasteiger partial charge on any atom is 0.333 e. The van der Waals surface area contributed by atoms with E-state index < -0.39 is 0 Å². The van der Waals surface area contributed by atoms with Gasteiger partial charge in [-0.2, -0.15) is 0 Å². The van der Waals surface area contributed by atoms with Crippen LogP contribution < -0.4 is 10.7 Å². The summed E-state index contributed by atoms with van der Waals surface area (Å²) in [7, 11) is 0. The van der Waals surface area contributed by atoms with E-state index in [4.69, 9.17) is 0 Å². The van der Waals surface area contributed by atoms with E-state index in [0.29, 0.717) is 5.69 Å². The third kappa shape index (κ3) is 2.23. The Balaban J connectivity index is 1.82. The predicted molar refractivity (Wildman–Crippen MR) is 53.6 cm³/mol. The number of anilines is 1. The average Bonchev–Trinajstić information content (AvgIpc) is 2.13. The number of nitrogens with one attached hydrogen (secondary N) is 2. The third-order valence-electron chi connectivity index (χ3n) is 2.07. The van der Waals surface area contributed by atoms with Gasteiger partial charge in [0.05, 0.1) is 5.69 Å². The van der Waals surface area contributed by atoms with Crippen LogP contribution in [0.3, 0.4) is 0 Å². The number of urea groups is 1. The first-order chi connectivity index (χ1) is 6.84. The maximum atomic E-state index is 11.3. The number of nitrogens with zero attached hydrogens (tertiary/aromatic N) is 1. The second-order valence-electron chi connectivity index (χ2n) is 3.18. The minimum absolute atomic E-state index is 0.202. The average molecular weight is 190 g/mol. The SMILES string of the molecule is O=C(Nc1[c]cccc1)NN1CCC1. The summed E-state index contributed by atoms with van der Waals surface area (Å²) in [6, 6.07) is 10.00. The van der Waals surface area contributed by atoms with Crippen LogP contribution in [0, 0.1) is 6.07 Å². The summed E-state index contributed by atoms with van der Waals surface area (Å²) in [5.41, 5.74) is 3.41. The van der Waals surface area contributed by atoms with Crippen molar-refractivity contribution in [3.8, 4) is 0 Å². The van der Waals surface area contributed by atoms with Gasteiger partial charge in [0.15, 0.2) is 0 Å². The third-order valence-corrected chi connectivity index (χ3v) is 2.07. The molecule has 73 valence electrons. The van der Waals surface area contributed by atoms with Crippen LogP contribution in [0.25, 0.3) is 0 Å². The lowest BCUT2D eigenvalue weighted by atomic mass is 10.3. The highest BCUT2D eigenvalue weighted by Crippen LogP contribution is 2.05. The molecule has 1 fully saturated rings. The molecule has 1 aliphatic rings. The smallest absolute Gasteiger partial charge is 0.306 e. The Morgan fingerprint density at radius 2 is 2.29 bits per heavy atom. The van der Waals surface area contributed by atoms with Crippen molar-refractivity contribution < 1.29 is 4.79 Å². The molecule has 1 radical (unpaired) electrons. The molecule has 2 rings (SSSR count). The summed E-state index contributed by atoms with van der Waals surface area (Å²) in [6.45, 7) is 1.87. The molecule has 1 saturated heterocycles. The molecule has 0 unspecified atom stereocenters. The topological polar surface area (TPSA) is 44.4 Å². The molecule has 1 aromatic rings. The van der Waals surface area contributed by atoms with E-state index in [1.807, 2.05) is 17.1 Å². The molecule has 1 aliphatic heterocycles. The fourth-order valence-corrected chi connectivity index (χ4v) is 1.19. The highest BCUT2D eigenvalue weighted by Gasteiger charge is 2.15. The molecule has 0 aromatic heterocycles. The first kappa shape index (κ1) is 9.02. The van der Waals surface area contributed by atoms with Crippen molar-refractivity contribution >= 4 is 11.7 Å². The van der Waals surface area contributed by atoms with Crippen LogP contribution in [0.4, 0.5) is 10.5 Å². The summed E-state index contributed by atoms with van der Waals surface area (Å²) in [4.78, 5) is 11.3. The molecule has 2 amide bonds. The molecule has 0 spiro atoms. The minimum Gasteiger partial charge on any atom is -0.306 e. The molecule has 4 heteroatoms. The van der Waals surface area contributed by atoms with E-state index in [1.165, 1.54) is 0 Å². The van der Waals surface area contributed by atoms with Crippen LogP contribution in [-0.4, -0.2) is 24.1 Å². The van der Waals surface area contributed by atoms with Crippen LogP contribution in [0.1, 0.15) is 6.42 Å². The van der Waals surface area contributed by atoms with Crippen molar-refractivity contribution in [2.75, 3.05) is 18.4 Å². The van der Waals surface area contributed by atoms with Crippen molar-refractivity contribution in [1.82, 2.24) is 10.4 Å². The second-order valence-corrected chi connectivity index (χ2v) is 3.18. The van der Waals surface area contributed by atoms with Crippen LogP contribution >= 0.6 is 0 Å². The van der Waals surface area contributed by atoms with Gasteiger partial charge in [-0.3, -0.25) is 5.43 Å². The van der Waals surface area contributed by atoms with E-state index >= 15 is 0 Å². The van der Waals surface area contributed by atoms with E-state index in [0.717, 1.165) is 19.5 Å². The Bertz CT molecular complexity index is 308. The quantitative estimate of drug-likeness (QED) is 0.736. The number of hydrogen-bond acceptors (Lipinski definition) is 2. The molecular weight excluding hydrogens is 178 g/mol. The van der Waals surface area contributed by atoms with E-state index in [2.05, 4.69) is 16.8 Å². The van der Waals surface area contributed by atoms with Gasteiger partial charge in [-0.15, -0.1) is 0 Å². The van der Waals surface area contributed by atoms with Gasteiger partial charge in [-0.1, -0.05) is 18.2 Å². The van der Waals surface area contributed by atoms with Crippen molar-refractivity contribution in [2.24, 2.45) is 0 Å². The molecule has 0 atom stereocenters. The van der Waals surface area contributed by atoms with Gasteiger partial charge in [0.25, 0.3) is 0 Å². The van der Waals surface area contributed by atoms with Crippen molar-refractivity contribution in [1.29, 1.82) is 0 Å².